The maximum absolute atomic E-state index is 13.2. The van der Waals surface area contributed by atoms with Crippen molar-refractivity contribution in [3.05, 3.63) is 80.4 Å². The first kappa shape index (κ1) is 33.6. The molecule has 11 nitrogen and oxygen atoms in total. The molecule has 0 unspecified atom stereocenters. The Kier molecular flexibility index (Phi) is 11.5. The molecule has 0 radical (unpaired) electrons. The number of ether oxygens (including phenoxy) is 4. The van der Waals surface area contributed by atoms with E-state index in [9.17, 15) is 24.3 Å². The van der Waals surface area contributed by atoms with Crippen LogP contribution in [0.15, 0.2) is 60.2 Å². The fourth-order valence-electron chi connectivity index (χ4n) is 4.83. The zero-order chi connectivity index (χ0) is 31.9. The summed E-state index contributed by atoms with van der Waals surface area (Å²) in [5.74, 6) is -1.69. The average Bonchev–Trinajstić information content (AvgIpc) is 3.46. The van der Waals surface area contributed by atoms with Gasteiger partial charge in [0.25, 0.3) is 5.91 Å². The van der Waals surface area contributed by atoms with Gasteiger partial charge in [0.15, 0.2) is 0 Å². The second-order valence-electron chi connectivity index (χ2n) is 11.6. The number of hydrogen-bond donors (Lipinski definition) is 3. The van der Waals surface area contributed by atoms with Gasteiger partial charge < -0.3 is 34.7 Å². The molecule has 0 bridgehead atoms. The lowest BCUT2D eigenvalue weighted by molar-refractivity contribution is -0.155. The Morgan fingerprint density at radius 1 is 1.05 bits per heavy atom. The SMILES string of the molecule is CC(C)(C)OC(=O)CC[C@@H](CO)NC(=O)c1cccc(CNC(=O)C2=C[C@H]3OCO[C@H]3[C@H](OC(=O)c3cccc(I)c3)C2)c1. The van der Waals surface area contributed by atoms with E-state index in [0.717, 1.165) is 3.57 Å². The number of rotatable bonds is 11. The van der Waals surface area contributed by atoms with Crippen molar-refractivity contribution in [2.24, 2.45) is 0 Å². The Morgan fingerprint density at radius 2 is 1.80 bits per heavy atom. The summed E-state index contributed by atoms with van der Waals surface area (Å²) in [6.07, 6.45) is 0.370. The topological polar surface area (TPSA) is 149 Å². The van der Waals surface area contributed by atoms with E-state index in [1.165, 1.54) is 0 Å². The van der Waals surface area contributed by atoms with Gasteiger partial charge in [0.1, 0.15) is 30.7 Å². The summed E-state index contributed by atoms with van der Waals surface area (Å²) in [6, 6.07) is 13.1. The smallest absolute Gasteiger partial charge is 0.338 e. The first-order chi connectivity index (χ1) is 20.9. The fourth-order valence-corrected chi connectivity index (χ4v) is 5.37. The molecule has 1 aliphatic carbocycles. The summed E-state index contributed by atoms with van der Waals surface area (Å²) in [5.41, 5.74) is 1.21. The Labute approximate surface area is 269 Å². The molecule has 1 aliphatic heterocycles. The normalized spacial score (nSPS) is 20.1. The first-order valence-corrected chi connectivity index (χ1v) is 15.4. The van der Waals surface area contributed by atoms with Crippen LogP contribution in [0.25, 0.3) is 0 Å². The molecule has 1 heterocycles. The molecule has 236 valence electrons. The van der Waals surface area contributed by atoms with Gasteiger partial charge >= 0.3 is 11.9 Å². The molecule has 2 amide bonds. The summed E-state index contributed by atoms with van der Waals surface area (Å²) in [4.78, 5) is 50.9. The van der Waals surface area contributed by atoms with Crippen molar-refractivity contribution in [3.8, 4) is 0 Å². The summed E-state index contributed by atoms with van der Waals surface area (Å²) in [5, 5.41) is 15.3. The largest absolute Gasteiger partial charge is 0.460 e. The van der Waals surface area contributed by atoms with E-state index in [1.54, 1.807) is 69.3 Å². The van der Waals surface area contributed by atoms with Gasteiger partial charge in [0, 0.05) is 34.1 Å². The van der Waals surface area contributed by atoms with E-state index in [0.29, 0.717) is 22.3 Å². The molecule has 44 heavy (non-hydrogen) atoms. The van der Waals surface area contributed by atoms with Gasteiger partial charge in [-0.25, -0.2) is 4.79 Å². The maximum Gasteiger partial charge on any atom is 0.338 e. The highest BCUT2D eigenvalue weighted by atomic mass is 127. The van der Waals surface area contributed by atoms with Gasteiger partial charge in [-0.1, -0.05) is 18.2 Å². The summed E-state index contributed by atoms with van der Waals surface area (Å²) >= 11 is 2.12. The zero-order valence-corrected chi connectivity index (χ0v) is 27.0. The van der Waals surface area contributed by atoms with Crippen molar-refractivity contribution >= 4 is 46.3 Å². The van der Waals surface area contributed by atoms with Crippen molar-refractivity contribution in [2.75, 3.05) is 13.4 Å². The predicted octanol–water partition coefficient (Wildman–Crippen LogP) is 3.42. The number of esters is 2. The number of aliphatic hydroxyl groups is 1. The molecule has 0 spiro atoms. The monoisotopic (exact) mass is 720 g/mol. The van der Waals surface area contributed by atoms with Gasteiger partial charge in [0.05, 0.1) is 18.2 Å². The van der Waals surface area contributed by atoms with Gasteiger partial charge in [-0.05, 0) is 91.8 Å². The number of fused-ring (bicyclic) bond motifs is 1. The van der Waals surface area contributed by atoms with Crippen LogP contribution in [0.5, 0.6) is 0 Å². The van der Waals surface area contributed by atoms with Crippen molar-refractivity contribution in [3.63, 3.8) is 0 Å². The third kappa shape index (κ3) is 9.58. The number of nitrogens with one attached hydrogen (secondary N) is 2. The Bertz CT molecular complexity index is 1400. The maximum atomic E-state index is 13.2. The minimum absolute atomic E-state index is 0.0328. The Balaban J connectivity index is 1.32. The number of aliphatic hydroxyl groups excluding tert-OH is 1. The standard InChI is InChI=1S/C32H37IN2O9/c1-32(2,3)44-27(37)11-10-24(17-36)35-30(39)20-7-4-6-19(12-20)16-34-29(38)22-14-25-28(42-18-41-25)26(15-22)43-31(40)21-8-5-9-23(33)13-21/h4-9,12-14,24-26,28,36H,10-11,15-18H2,1-3H3,(H,34,38)(H,35,39)/t24-,25+,26+,28+/m0/s1. The van der Waals surface area contributed by atoms with Crippen LogP contribution in [0.4, 0.5) is 0 Å². The second kappa shape index (κ2) is 15.1. The highest BCUT2D eigenvalue weighted by molar-refractivity contribution is 14.1. The van der Waals surface area contributed by atoms with E-state index in [4.69, 9.17) is 18.9 Å². The summed E-state index contributed by atoms with van der Waals surface area (Å²) in [6.45, 7) is 5.15. The minimum atomic E-state index is -0.708. The number of halogens is 1. The average molecular weight is 721 g/mol. The Hall–Kier alpha value is -3.33. The second-order valence-corrected chi connectivity index (χ2v) is 12.8. The van der Waals surface area contributed by atoms with Crippen LogP contribution in [-0.4, -0.2) is 72.2 Å². The molecule has 1 fully saturated rings. The molecule has 0 saturated carbocycles. The van der Waals surface area contributed by atoms with Crippen molar-refractivity contribution in [1.29, 1.82) is 0 Å². The number of hydrogen-bond acceptors (Lipinski definition) is 9. The molecular formula is C32H37IN2O9. The molecule has 3 N–H and O–H groups in total. The molecule has 2 aliphatic rings. The van der Waals surface area contributed by atoms with Crippen molar-refractivity contribution in [2.45, 2.75) is 76.5 Å². The molecule has 2 aromatic carbocycles. The van der Waals surface area contributed by atoms with Crippen LogP contribution in [0.2, 0.25) is 0 Å². The van der Waals surface area contributed by atoms with Crippen molar-refractivity contribution < 1.29 is 43.2 Å². The number of carbonyl (C=O) groups is 4. The molecule has 4 atom stereocenters. The highest BCUT2D eigenvalue weighted by Crippen LogP contribution is 2.31. The van der Waals surface area contributed by atoms with Crippen LogP contribution in [0.3, 0.4) is 0 Å². The molecule has 4 rings (SSSR count). The van der Waals surface area contributed by atoms with E-state index < -0.39 is 47.8 Å². The van der Waals surface area contributed by atoms with Crippen LogP contribution >= 0.6 is 22.6 Å². The summed E-state index contributed by atoms with van der Waals surface area (Å²) < 4.78 is 23.2. The van der Waals surface area contributed by atoms with Crippen molar-refractivity contribution in [1.82, 2.24) is 10.6 Å². The third-order valence-electron chi connectivity index (χ3n) is 6.92. The number of benzene rings is 2. The number of carbonyl (C=O) groups excluding carboxylic acids is 4. The lowest BCUT2D eigenvalue weighted by Crippen LogP contribution is -2.43. The van der Waals surface area contributed by atoms with Gasteiger partial charge in [-0.15, -0.1) is 0 Å². The van der Waals surface area contributed by atoms with E-state index in [1.807, 2.05) is 6.07 Å². The van der Waals surface area contributed by atoms with Crippen LogP contribution in [0, 0.1) is 3.57 Å². The van der Waals surface area contributed by atoms with E-state index in [-0.39, 0.29) is 45.1 Å². The molecule has 0 aromatic heterocycles. The van der Waals surface area contributed by atoms with E-state index in [2.05, 4.69) is 33.2 Å². The zero-order valence-electron chi connectivity index (χ0n) is 24.8. The lowest BCUT2D eigenvalue weighted by Gasteiger charge is -2.30. The highest BCUT2D eigenvalue weighted by Gasteiger charge is 2.42. The molecule has 2 aromatic rings. The fraction of sp³-hybridized carbons (Fsp3) is 0.438. The quantitative estimate of drug-likeness (QED) is 0.235. The van der Waals surface area contributed by atoms with E-state index >= 15 is 0 Å². The minimum Gasteiger partial charge on any atom is -0.460 e. The first-order valence-electron chi connectivity index (χ1n) is 14.3. The molecule has 1 saturated heterocycles. The van der Waals surface area contributed by atoms with Crippen LogP contribution < -0.4 is 10.6 Å². The molecular weight excluding hydrogens is 683 g/mol. The third-order valence-corrected chi connectivity index (χ3v) is 7.59. The molecule has 12 heteroatoms. The summed E-state index contributed by atoms with van der Waals surface area (Å²) in [7, 11) is 0. The van der Waals surface area contributed by atoms with Gasteiger partial charge in [-0.2, -0.15) is 0 Å². The van der Waals surface area contributed by atoms with Crippen LogP contribution in [-0.2, 0) is 35.1 Å². The van der Waals surface area contributed by atoms with Crippen LogP contribution in [0.1, 0.15) is 66.3 Å². The predicted molar refractivity (Wildman–Crippen MR) is 167 cm³/mol. The Morgan fingerprint density at radius 3 is 2.52 bits per heavy atom. The van der Waals surface area contributed by atoms with Gasteiger partial charge in [0.2, 0.25) is 5.91 Å². The number of amides is 2. The van der Waals surface area contributed by atoms with Gasteiger partial charge in [-0.3, -0.25) is 14.4 Å². The lowest BCUT2D eigenvalue weighted by atomic mass is 9.91.